The Morgan fingerprint density at radius 2 is 1.07 bits per heavy atom. The second-order valence-electron chi connectivity index (χ2n) is 8.83. The van der Waals surface area contributed by atoms with Crippen LogP contribution in [0.15, 0.2) is 24.3 Å². The fourth-order valence-electron chi connectivity index (χ4n) is 3.10. The molecule has 0 amide bonds. The van der Waals surface area contributed by atoms with E-state index in [0.717, 1.165) is 18.2 Å². The van der Waals surface area contributed by atoms with Gasteiger partial charge in [-0.05, 0) is 31.0 Å². The molecular weight excluding hydrogens is 607 g/mol. The number of hydrogen-bond acceptors (Lipinski definition) is 2. The van der Waals surface area contributed by atoms with Gasteiger partial charge in [0.1, 0.15) is 5.75 Å². The number of hydrogen-bond donors (Lipinski definition) is 1. The van der Waals surface area contributed by atoms with Crippen molar-refractivity contribution in [2.75, 3.05) is 6.61 Å². The van der Waals surface area contributed by atoms with Crippen molar-refractivity contribution in [3.05, 3.63) is 29.8 Å². The van der Waals surface area contributed by atoms with Crippen LogP contribution in [0.4, 0.5) is 74.6 Å². The molecule has 0 aliphatic rings. The Morgan fingerprint density at radius 3 is 1.50 bits per heavy atom. The number of ether oxygens (including phenoxy) is 1. The lowest BCUT2D eigenvalue weighted by Gasteiger charge is -2.43. The SMILES string of the molecule is CCCCOc1cccc(C(C)(O)CC(F)(F)C(F)(F)C(F)(F)C(F)(F)C(F)(F)C(F)(F)C(F)(F)C(F)(F)F)c1. The molecule has 1 rings (SSSR count). The second kappa shape index (κ2) is 10.6. The van der Waals surface area contributed by atoms with Crippen molar-refractivity contribution < 1.29 is 84.5 Å². The van der Waals surface area contributed by atoms with Gasteiger partial charge >= 0.3 is 47.6 Å². The van der Waals surface area contributed by atoms with E-state index in [1.165, 1.54) is 0 Å². The van der Waals surface area contributed by atoms with E-state index in [-0.39, 0.29) is 19.3 Å². The average molecular weight is 626 g/mol. The van der Waals surface area contributed by atoms with Crippen LogP contribution in [0, 0.1) is 0 Å². The Labute approximate surface area is 214 Å². The average Bonchev–Trinajstić information content (AvgIpc) is 2.77. The van der Waals surface area contributed by atoms with E-state index in [1.807, 2.05) is 0 Å². The molecule has 1 atom stereocenters. The molecule has 0 aromatic heterocycles. The van der Waals surface area contributed by atoms with Crippen LogP contribution in [0.25, 0.3) is 0 Å². The zero-order valence-corrected chi connectivity index (χ0v) is 19.9. The number of alkyl halides is 17. The summed E-state index contributed by atoms with van der Waals surface area (Å²) in [6, 6.07) is 3.55. The topological polar surface area (TPSA) is 29.5 Å². The van der Waals surface area contributed by atoms with E-state index in [9.17, 15) is 79.7 Å². The number of unbranched alkanes of at least 4 members (excludes halogenated alkanes) is 1. The van der Waals surface area contributed by atoms with Gasteiger partial charge in [0.2, 0.25) is 0 Å². The Balaban J connectivity index is 3.53. The number of benzene rings is 1. The molecule has 0 aliphatic carbocycles. The number of aliphatic hydroxyl groups is 1. The van der Waals surface area contributed by atoms with Gasteiger partial charge < -0.3 is 9.84 Å². The van der Waals surface area contributed by atoms with E-state index < -0.39 is 65.2 Å². The zero-order valence-electron chi connectivity index (χ0n) is 19.9. The molecule has 19 heteroatoms. The molecule has 0 saturated carbocycles. The van der Waals surface area contributed by atoms with Gasteiger partial charge in [0.05, 0.1) is 18.6 Å². The highest BCUT2D eigenvalue weighted by molar-refractivity contribution is 5.32. The molecule has 1 aromatic carbocycles. The van der Waals surface area contributed by atoms with Crippen LogP contribution in [0.5, 0.6) is 5.75 Å². The van der Waals surface area contributed by atoms with E-state index in [2.05, 4.69) is 0 Å². The van der Waals surface area contributed by atoms with E-state index in [1.54, 1.807) is 6.92 Å². The van der Waals surface area contributed by atoms with Crippen molar-refractivity contribution in [3.63, 3.8) is 0 Å². The van der Waals surface area contributed by atoms with Crippen LogP contribution in [0.2, 0.25) is 0 Å². The minimum atomic E-state index is -8.70. The van der Waals surface area contributed by atoms with Crippen LogP contribution in [0.1, 0.15) is 38.7 Å². The predicted molar refractivity (Wildman–Crippen MR) is 102 cm³/mol. The lowest BCUT2D eigenvalue weighted by Crippen LogP contribution is -2.74. The second-order valence-corrected chi connectivity index (χ2v) is 8.83. The molecule has 0 radical (unpaired) electrons. The van der Waals surface area contributed by atoms with Crippen molar-refractivity contribution in [1.82, 2.24) is 0 Å². The van der Waals surface area contributed by atoms with Gasteiger partial charge in [0, 0.05) is 0 Å². The summed E-state index contributed by atoms with van der Waals surface area (Å²) in [6.07, 6.45) is -9.79. The van der Waals surface area contributed by atoms with Gasteiger partial charge in [0.25, 0.3) is 0 Å². The third kappa shape index (κ3) is 5.62. The molecule has 1 unspecified atom stereocenters. The van der Waals surface area contributed by atoms with Crippen LogP contribution >= 0.6 is 0 Å². The fraction of sp³-hybridized carbons (Fsp3) is 0.714. The molecule has 234 valence electrons. The standard InChI is InChI=1S/C21H19F17O2/c1-3-4-8-40-12-7-5-6-11(9-12)13(2,39)10-14(22,23)15(24,25)16(26,27)17(28,29)18(30,31)19(32,33)20(34,35)21(36,37)38/h5-7,9,39H,3-4,8,10H2,1-2H3. The molecule has 0 aliphatic heterocycles. The van der Waals surface area contributed by atoms with Crippen molar-refractivity contribution in [3.8, 4) is 5.75 Å². The first-order chi connectivity index (χ1) is 17.5. The highest BCUT2D eigenvalue weighted by Gasteiger charge is 2.95. The molecule has 0 spiro atoms. The quantitative estimate of drug-likeness (QED) is 0.176. The molecule has 0 bridgehead atoms. The third-order valence-electron chi connectivity index (χ3n) is 5.58. The van der Waals surface area contributed by atoms with Crippen molar-refractivity contribution in [1.29, 1.82) is 0 Å². The summed E-state index contributed by atoms with van der Waals surface area (Å²) in [5, 5.41) is 10.2. The summed E-state index contributed by atoms with van der Waals surface area (Å²) in [6.45, 7) is 1.97. The summed E-state index contributed by atoms with van der Waals surface area (Å²) in [5.41, 5.74) is -4.20. The first-order valence-corrected chi connectivity index (χ1v) is 10.7. The minimum absolute atomic E-state index is 0.00383. The van der Waals surface area contributed by atoms with Gasteiger partial charge in [-0.3, -0.25) is 0 Å². The zero-order chi connectivity index (χ0) is 32.0. The van der Waals surface area contributed by atoms with Crippen LogP contribution in [-0.4, -0.2) is 59.3 Å². The smallest absolute Gasteiger partial charge is 0.460 e. The normalized spacial score (nSPS) is 16.6. The van der Waals surface area contributed by atoms with E-state index in [4.69, 9.17) is 4.74 Å². The molecule has 2 nitrogen and oxygen atoms in total. The van der Waals surface area contributed by atoms with E-state index in [0.29, 0.717) is 18.9 Å². The van der Waals surface area contributed by atoms with Crippen LogP contribution in [0.3, 0.4) is 0 Å². The molecular formula is C21H19F17O2. The molecule has 0 heterocycles. The first kappa shape index (κ1) is 35.8. The summed E-state index contributed by atoms with van der Waals surface area (Å²) >= 11 is 0. The fourth-order valence-corrected chi connectivity index (χ4v) is 3.10. The van der Waals surface area contributed by atoms with Gasteiger partial charge in [-0.15, -0.1) is 0 Å². The Hall–Kier alpha value is -2.21. The summed E-state index contributed by atoms with van der Waals surface area (Å²) in [4.78, 5) is 0. The lowest BCUT2D eigenvalue weighted by atomic mass is 9.83. The predicted octanol–water partition coefficient (Wildman–Crippen LogP) is 8.47. The van der Waals surface area contributed by atoms with Gasteiger partial charge in [-0.25, -0.2) is 0 Å². The molecule has 1 N–H and O–H groups in total. The summed E-state index contributed by atoms with van der Waals surface area (Å²) in [5.74, 6) is -57.4. The largest absolute Gasteiger partial charge is 0.494 e. The molecule has 0 saturated heterocycles. The molecule has 0 fully saturated rings. The maximum atomic E-state index is 14.4. The molecule has 40 heavy (non-hydrogen) atoms. The van der Waals surface area contributed by atoms with Crippen LogP contribution < -0.4 is 4.74 Å². The summed E-state index contributed by atoms with van der Waals surface area (Å²) < 4.78 is 234. The Morgan fingerprint density at radius 1 is 0.650 bits per heavy atom. The lowest BCUT2D eigenvalue weighted by molar-refractivity contribution is -0.462. The summed E-state index contributed by atoms with van der Waals surface area (Å²) in [7, 11) is 0. The van der Waals surface area contributed by atoms with Crippen molar-refractivity contribution in [2.24, 2.45) is 0 Å². The van der Waals surface area contributed by atoms with Gasteiger partial charge in [-0.2, -0.15) is 74.6 Å². The van der Waals surface area contributed by atoms with Crippen molar-refractivity contribution >= 4 is 0 Å². The monoisotopic (exact) mass is 626 g/mol. The highest BCUT2D eigenvalue weighted by Crippen LogP contribution is 2.64. The minimum Gasteiger partial charge on any atom is -0.494 e. The van der Waals surface area contributed by atoms with Gasteiger partial charge in [0.15, 0.2) is 0 Å². The maximum absolute atomic E-state index is 14.4. The number of halogens is 17. The third-order valence-corrected chi connectivity index (χ3v) is 5.58. The Bertz CT molecular complexity index is 1010. The van der Waals surface area contributed by atoms with E-state index >= 15 is 0 Å². The highest BCUT2D eigenvalue weighted by atomic mass is 19.4. The maximum Gasteiger partial charge on any atom is 0.460 e. The Kier molecular flexibility index (Phi) is 9.46. The van der Waals surface area contributed by atoms with Crippen LogP contribution in [-0.2, 0) is 5.60 Å². The molecule has 1 aromatic rings. The van der Waals surface area contributed by atoms with Crippen molar-refractivity contribution in [2.45, 2.75) is 86.3 Å². The van der Waals surface area contributed by atoms with Gasteiger partial charge in [-0.1, -0.05) is 25.5 Å². The number of rotatable bonds is 13. The first-order valence-electron chi connectivity index (χ1n) is 10.7.